The van der Waals surface area contributed by atoms with Gasteiger partial charge >= 0.3 is 0 Å². The van der Waals surface area contributed by atoms with Crippen LogP contribution in [0.2, 0.25) is 5.02 Å². The Bertz CT molecular complexity index is 741. The van der Waals surface area contributed by atoms with Crippen LogP contribution in [0.25, 0.3) is 6.08 Å². The molecule has 0 spiro atoms. The molecule has 120 valence electrons. The number of hydrogen-bond acceptors (Lipinski definition) is 3. The van der Waals surface area contributed by atoms with Crippen molar-refractivity contribution in [3.63, 3.8) is 0 Å². The van der Waals surface area contributed by atoms with E-state index in [1.165, 1.54) is 6.08 Å². The summed E-state index contributed by atoms with van der Waals surface area (Å²) in [6.45, 7) is 1.89. The van der Waals surface area contributed by atoms with Gasteiger partial charge in [0.15, 0.2) is 11.5 Å². The van der Waals surface area contributed by atoms with Crippen LogP contribution in [-0.4, -0.2) is 20.1 Å². The first-order valence-corrected chi connectivity index (χ1v) is 7.39. The quantitative estimate of drug-likeness (QED) is 0.830. The molecule has 2 rings (SSSR count). The number of anilines is 1. The van der Waals surface area contributed by atoms with Crippen molar-refractivity contribution in [1.29, 1.82) is 0 Å². The topological polar surface area (TPSA) is 47.6 Å². The van der Waals surface area contributed by atoms with Crippen molar-refractivity contribution in [2.45, 2.75) is 6.92 Å². The lowest BCUT2D eigenvalue weighted by atomic mass is 10.1. The minimum atomic E-state index is -0.236. The molecule has 0 atom stereocenters. The fraction of sp³-hybridized carbons (Fsp3) is 0.167. The number of hydrogen-bond donors (Lipinski definition) is 1. The molecule has 0 aliphatic rings. The number of methoxy groups -OCH3 is 2. The van der Waals surface area contributed by atoms with Crippen LogP contribution in [-0.2, 0) is 4.79 Å². The SMILES string of the molecule is COc1cccc(/C=C/C(=O)Nc2ccc(Cl)cc2C)c1OC. The molecule has 2 aromatic carbocycles. The van der Waals surface area contributed by atoms with Gasteiger partial charge in [-0.05, 0) is 42.8 Å². The number of amides is 1. The average Bonchev–Trinajstić information content (AvgIpc) is 2.55. The summed E-state index contributed by atoms with van der Waals surface area (Å²) < 4.78 is 10.6. The monoisotopic (exact) mass is 331 g/mol. The van der Waals surface area contributed by atoms with Gasteiger partial charge in [-0.2, -0.15) is 0 Å². The Labute approximate surface area is 140 Å². The van der Waals surface area contributed by atoms with E-state index in [2.05, 4.69) is 5.32 Å². The van der Waals surface area contributed by atoms with Gasteiger partial charge in [-0.3, -0.25) is 4.79 Å². The van der Waals surface area contributed by atoms with Gasteiger partial charge in [0.1, 0.15) is 0 Å². The zero-order valence-electron chi connectivity index (χ0n) is 13.2. The van der Waals surface area contributed by atoms with Gasteiger partial charge in [0.05, 0.1) is 14.2 Å². The molecule has 1 amide bonds. The Kier molecular flexibility index (Phi) is 5.66. The highest BCUT2D eigenvalue weighted by atomic mass is 35.5. The number of aryl methyl sites for hydroxylation is 1. The Morgan fingerprint density at radius 1 is 1.17 bits per heavy atom. The van der Waals surface area contributed by atoms with Crippen molar-refractivity contribution in [2.24, 2.45) is 0 Å². The van der Waals surface area contributed by atoms with Crippen molar-refractivity contribution in [3.05, 3.63) is 58.6 Å². The zero-order chi connectivity index (χ0) is 16.8. The average molecular weight is 332 g/mol. The minimum absolute atomic E-state index is 0.236. The standard InChI is InChI=1S/C18H18ClNO3/c1-12-11-14(19)8-9-15(12)20-17(21)10-7-13-5-4-6-16(22-2)18(13)23-3/h4-11H,1-3H3,(H,20,21)/b10-7+. The molecule has 0 saturated heterocycles. The molecular formula is C18H18ClNO3. The largest absolute Gasteiger partial charge is 0.493 e. The second-order valence-electron chi connectivity index (χ2n) is 4.86. The normalized spacial score (nSPS) is 10.6. The number of para-hydroxylation sites is 1. The van der Waals surface area contributed by atoms with Gasteiger partial charge < -0.3 is 14.8 Å². The van der Waals surface area contributed by atoms with Crippen LogP contribution in [0.4, 0.5) is 5.69 Å². The first kappa shape index (κ1) is 16.9. The van der Waals surface area contributed by atoms with Gasteiger partial charge in [0.25, 0.3) is 0 Å². The van der Waals surface area contributed by atoms with Crippen molar-refractivity contribution in [2.75, 3.05) is 19.5 Å². The minimum Gasteiger partial charge on any atom is -0.493 e. The van der Waals surface area contributed by atoms with Crippen molar-refractivity contribution < 1.29 is 14.3 Å². The first-order valence-electron chi connectivity index (χ1n) is 7.01. The molecule has 0 unspecified atom stereocenters. The predicted molar refractivity (Wildman–Crippen MR) is 93.4 cm³/mol. The summed E-state index contributed by atoms with van der Waals surface area (Å²) in [5.41, 5.74) is 2.38. The van der Waals surface area contributed by atoms with Crippen molar-refractivity contribution in [3.8, 4) is 11.5 Å². The Morgan fingerprint density at radius 2 is 1.96 bits per heavy atom. The third-order valence-electron chi connectivity index (χ3n) is 3.29. The highest BCUT2D eigenvalue weighted by molar-refractivity contribution is 6.30. The third kappa shape index (κ3) is 4.27. The Balaban J connectivity index is 2.15. The second kappa shape index (κ2) is 7.70. The van der Waals surface area contributed by atoms with E-state index in [0.29, 0.717) is 16.5 Å². The third-order valence-corrected chi connectivity index (χ3v) is 3.53. The predicted octanol–water partition coefficient (Wildman–Crippen LogP) is 4.32. The smallest absolute Gasteiger partial charge is 0.248 e. The molecule has 1 N–H and O–H groups in total. The van der Waals surface area contributed by atoms with Crippen LogP contribution in [0.15, 0.2) is 42.5 Å². The van der Waals surface area contributed by atoms with Gasteiger partial charge in [-0.1, -0.05) is 23.7 Å². The molecule has 0 aromatic heterocycles. The molecule has 4 nitrogen and oxygen atoms in total. The van der Waals surface area contributed by atoms with Crippen molar-refractivity contribution >= 4 is 29.3 Å². The Hall–Kier alpha value is -2.46. The van der Waals surface area contributed by atoms with Gasteiger partial charge in [-0.15, -0.1) is 0 Å². The molecular weight excluding hydrogens is 314 g/mol. The molecule has 23 heavy (non-hydrogen) atoms. The van der Waals surface area contributed by atoms with Crippen LogP contribution in [0.5, 0.6) is 11.5 Å². The molecule has 0 aliphatic carbocycles. The summed E-state index contributed by atoms with van der Waals surface area (Å²) in [6.07, 6.45) is 3.13. The number of rotatable bonds is 5. The van der Waals surface area contributed by atoms with Crippen LogP contribution in [0, 0.1) is 6.92 Å². The zero-order valence-corrected chi connectivity index (χ0v) is 14.0. The van der Waals surface area contributed by atoms with Gasteiger partial charge in [0, 0.05) is 22.3 Å². The first-order chi connectivity index (χ1) is 11.0. The molecule has 0 aliphatic heterocycles. The van der Waals surface area contributed by atoms with E-state index in [-0.39, 0.29) is 5.91 Å². The van der Waals surface area contributed by atoms with E-state index in [1.54, 1.807) is 44.6 Å². The second-order valence-corrected chi connectivity index (χ2v) is 5.30. The van der Waals surface area contributed by atoms with E-state index in [0.717, 1.165) is 16.8 Å². The van der Waals surface area contributed by atoms with Crippen molar-refractivity contribution in [1.82, 2.24) is 0 Å². The maximum Gasteiger partial charge on any atom is 0.248 e. The van der Waals surface area contributed by atoms with E-state index >= 15 is 0 Å². The summed E-state index contributed by atoms with van der Waals surface area (Å²) in [5.74, 6) is 0.964. The number of halogens is 1. The van der Waals surface area contributed by atoms with E-state index in [4.69, 9.17) is 21.1 Å². The number of ether oxygens (including phenoxy) is 2. The maximum atomic E-state index is 12.1. The molecule has 0 radical (unpaired) electrons. The molecule has 0 fully saturated rings. The van der Waals surface area contributed by atoms with Crippen LogP contribution in [0.3, 0.4) is 0 Å². The van der Waals surface area contributed by atoms with E-state index in [1.807, 2.05) is 19.1 Å². The summed E-state index contributed by atoms with van der Waals surface area (Å²) >= 11 is 5.90. The number of carbonyl (C=O) groups excluding carboxylic acids is 1. The summed E-state index contributed by atoms with van der Waals surface area (Å²) in [6, 6.07) is 10.8. The summed E-state index contributed by atoms with van der Waals surface area (Å²) in [7, 11) is 3.13. The Morgan fingerprint density at radius 3 is 2.61 bits per heavy atom. The van der Waals surface area contributed by atoms with Crippen LogP contribution >= 0.6 is 11.6 Å². The lowest BCUT2D eigenvalue weighted by molar-refractivity contribution is -0.111. The van der Waals surface area contributed by atoms with Crippen LogP contribution in [0.1, 0.15) is 11.1 Å². The summed E-state index contributed by atoms with van der Waals surface area (Å²) in [5, 5.41) is 3.45. The van der Waals surface area contributed by atoms with Gasteiger partial charge in [-0.25, -0.2) is 0 Å². The van der Waals surface area contributed by atoms with Crippen LogP contribution < -0.4 is 14.8 Å². The molecule has 5 heteroatoms. The van der Waals surface area contributed by atoms with E-state index < -0.39 is 0 Å². The van der Waals surface area contributed by atoms with E-state index in [9.17, 15) is 4.79 Å². The molecule has 0 saturated carbocycles. The highest BCUT2D eigenvalue weighted by Crippen LogP contribution is 2.31. The number of carbonyl (C=O) groups is 1. The number of nitrogens with one attached hydrogen (secondary N) is 1. The fourth-order valence-electron chi connectivity index (χ4n) is 2.15. The molecule has 0 heterocycles. The molecule has 0 bridgehead atoms. The summed E-state index contributed by atoms with van der Waals surface area (Å²) in [4.78, 5) is 12.1. The lowest BCUT2D eigenvalue weighted by Gasteiger charge is -2.10. The molecule has 2 aromatic rings. The maximum absolute atomic E-state index is 12.1. The highest BCUT2D eigenvalue weighted by Gasteiger charge is 2.07. The number of benzene rings is 2. The van der Waals surface area contributed by atoms with Gasteiger partial charge in [0.2, 0.25) is 5.91 Å². The lowest BCUT2D eigenvalue weighted by Crippen LogP contribution is -2.08. The fourth-order valence-corrected chi connectivity index (χ4v) is 2.38.